The maximum atomic E-state index is 11.9. The zero-order chi connectivity index (χ0) is 15.0. The highest BCUT2D eigenvalue weighted by Crippen LogP contribution is 2.21. The summed E-state index contributed by atoms with van der Waals surface area (Å²) in [5, 5.41) is 0. The molecule has 0 bridgehead atoms. The van der Waals surface area contributed by atoms with Crippen LogP contribution in [0.2, 0.25) is 0 Å². The fraction of sp³-hybridized carbons (Fsp3) is 0.429. The van der Waals surface area contributed by atoms with Gasteiger partial charge in [0.05, 0.1) is 19.5 Å². The molecule has 0 saturated heterocycles. The predicted molar refractivity (Wildman–Crippen MR) is 78.0 cm³/mol. The Morgan fingerprint density at radius 2 is 1.90 bits per heavy atom. The summed E-state index contributed by atoms with van der Waals surface area (Å²) in [7, 11) is 3.20. The monoisotopic (exact) mass is 297 g/mol. The Kier molecular flexibility index (Phi) is 6.93. The Hall–Kier alpha value is -1.69. The van der Waals surface area contributed by atoms with Gasteiger partial charge in [0.2, 0.25) is 5.91 Å². The topological polar surface area (TPSA) is 55.8 Å². The second kappa shape index (κ2) is 8.47. The van der Waals surface area contributed by atoms with E-state index in [2.05, 4.69) is 0 Å². The summed E-state index contributed by atoms with van der Waals surface area (Å²) in [6, 6.07) is 7.47. The normalized spacial score (nSPS) is 9.95. The molecule has 20 heavy (non-hydrogen) atoms. The lowest BCUT2D eigenvalue weighted by Crippen LogP contribution is -2.34. The minimum absolute atomic E-state index is 0.0180. The van der Waals surface area contributed by atoms with Crippen molar-refractivity contribution in [3.8, 4) is 5.75 Å². The second-order valence-corrected chi connectivity index (χ2v) is 5.07. The summed E-state index contributed by atoms with van der Waals surface area (Å²) in [5.41, 5.74) is 0. The third kappa shape index (κ3) is 5.52. The first-order valence-corrected chi connectivity index (χ1v) is 7.21. The number of likely N-dealkylation sites (N-methyl/N-ethyl adjacent to an activating group) is 1. The van der Waals surface area contributed by atoms with Gasteiger partial charge in [-0.3, -0.25) is 9.59 Å². The van der Waals surface area contributed by atoms with Crippen molar-refractivity contribution < 1.29 is 19.1 Å². The van der Waals surface area contributed by atoms with Gasteiger partial charge >= 0.3 is 5.97 Å². The lowest BCUT2D eigenvalue weighted by atomic mass is 10.3. The fourth-order valence-corrected chi connectivity index (χ4v) is 2.25. The Morgan fingerprint density at radius 1 is 1.25 bits per heavy atom. The standard InChI is InChI=1S/C14H19NO4S/c1-4-19-14(17)9-15(2)13(16)10-20-12-7-5-11(18-3)6-8-12/h5-8H,4,9-10H2,1-3H3. The number of benzene rings is 1. The van der Waals surface area contributed by atoms with E-state index in [0.717, 1.165) is 10.6 Å². The van der Waals surface area contributed by atoms with E-state index < -0.39 is 5.97 Å². The molecule has 110 valence electrons. The third-order valence-electron chi connectivity index (χ3n) is 2.52. The van der Waals surface area contributed by atoms with Gasteiger partial charge in [0, 0.05) is 11.9 Å². The number of carbonyl (C=O) groups is 2. The molecule has 1 rings (SSSR count). The molecule has 0 heterocycles. The number of nitrogens with zero attached hydrogens (tertiary/aromatic N) is 1. The molecular formula is C14H19NO4S. The zero-order valence-electron chi connectivity index (χ0n) is 11.9. The van der Waals surface area contributed by atoms with Crippen LogP contribution in [0.3, 0.4) is 0 Å². The number of amides is 1. The van der Waals surface area contributed by atoms with Crippen LogP contribution >= 0.6 is 11.8 Å². The highest BCUT2D eigenvalue weighted by Gasteiger charge is 2.13. The van der Waals surface area contributed by atoms with E-state index in [0.29, 0.717) is 6.61 Å². The van der Waals surface area contributed by atoms with Crippen molar-refractivity contribution in [3.63, 3.8) is 0 Å². The SMILES string of the molecule is CCOC(=O)CN(C)C(=O)CSc1ccc(OC)cc1. The summed E-state index contributed by atoms with van der Waals surface area (Å²) >= 11 is 1.42. The number of hydrogen-bond donors (Lipinski definition) is 0. The van der Waals surface area contributed by atoms with Gasteiger partial charge in [-0.1, -0.05) is 0 Å². The fourth-order valence-electron chi connectivity index (χ4n) is 1.42. The molecule has 0 unspecified atom stereocenters. The summed E-state index contributed by atoms with van der Waals surface area (Å²) < 4.78 is 9.86. The van der Waals surface area contributed by atoms with Crippen molar-refractivity contribution in [2.24, 2.45) is 0 Å². The third-order valence-corrected chi connectivity index (χ3v) is 3.52. The van der Waals surface area contributed by atoms with Crippen LogP contribution in [0.15, 0.2) is 29.2 Å². The molecule has 0 aliphatic rings. The van der Waals surface area contributed by atoms with Gasteiger partial charge in [0.15, 0.2) is 0 Å². The first-order valence-electron chi connectivity index (χ1n) is 6.23. The molecule has 1 aromatic carbocycles. The molecule has 6 heteroatoms. The van der Waals surface area contributed by atoms with Crippen LogP contribution in [-0.4, -0.2) is 49.8 Å². The van der Waals surface area contributed by atoms with E-state index >= 15 is 0 Å². The van der Waals surface area contributed by atoms with E-state index in [-0.39, 0.29) is 18.2 Å². The quantitative estimate of drug-likeness (QED) is 0.567. The van der Waals surface area contributed by atoms with Gasteiger partial charge in [-0.2, -0.15) is 0 Å². The molecule has 0 radical (unpaired) electrons. The number of thioether (sulfide) groups is 1. The van der Waals surface area contributed by atoms with E-state index in [4.69, 9.17) is 9.47 Å². The average Bonchev–Trinajstić information content (AvgIpc) is 2.45. The smallest absolute Gasteiger partial charge is 0.325 e. The number of ether oxygens (including phenoxy) is 2. The van der Waals surface area contributed by atoms with Crippen LogP contribution in [0.4, 0.5) is 0 Å². The van der Waals surface area contributed by atoms with Gasteiger partial charge in [-0.15, -0.1) is 11.8 Å². The number of esters is 1. The number of rotatable bonds is 7. The van der Waals surface area contributed by atoms with Crippen LogP contribution in [0.25, 0.3) is 0 Å². The maximum Gasteiger partial charge on any atom is 0.325 e. The average molecular weight is 297 g/mol. The highest BCUT2D eigenvalue weighted by molar-refractivity contribution is 8.00. The molecule has 0 aromatic heterocycles. The van der Waals surface area contributed by atoms with Crippen molar-refractivity contribution in [3.05, 3.63) is 24.3 Å². The molecule has 0 saturated carbocycles. The summed E-state index contributed by atoms with van der Waals surface area (Å²) in [5.74, 6) is 0.555. The molecule has 0 atom stereocenters. The van der Waals surface area contributed by atoms with Gasteiger partial charge in [-0.25, -0.2) is 0 Å². The number of hydrogen-bond acceptors (Lipinski definition) is 5. The molecule has 0 aliphatic heterocycles. The Bertz CT molecular complexity index is 447. The molecular weight excluding hydrogens is 278 g/mol. The summed E-state index contributed by atoms with van der Waals surface area (Å²) in [6.45, 7) is 2.04. The number of methoxy groups -OCH3 is 1. The summed E-state index contributed by atoms with van der Waals surface area (Å²) in [4.78, 5) is 25.5. The number of carbonyl (C=O) groups excluding carboxylic acids is 2. The molecule has 0 spiro atoms. The van der Waals surface area contributed by atoms with E-state index in [1.54, 1.807) is 21.1 Å². The first kappa shape index (κ1) is 16.4. The second-order valence-electron chi connectivity index (χ2n) is 4.02. The summed E-state index contributed by atoms with van der Waals surface area (Å²) in [6.07, 6.45) is 0. The highest BCUT2D eigenvalue weighted by atomic mass is 32.2. The Balaban J connectivity index is 2.39. The minimum Gasteiger partial charge on any atom is -0.497 e. The van der Waals surface area contributed by atoms with Crippen molar-refractivity contribution in [2.75, 3.05) is 33.1 Å². The van der Waals surface area contributed by atoms with Crippen LogP contribution in [0, 0.1) is 0 Å². The van der Waals surface area contributed by atoms with Crippen molar-refractivity contribution >= 4 is 23.6 Å². The van der Waals surface area contributed by atoms with Crippen molar-refractivity contribution in [1.29, 1.82) is 0 Å². The van der Waals surface area contributed by atoms with Gasteiger partial charge in [0.25, 0.3) is 0 Å². The molecule has 0 fully saturated rings. The van der Waals surface area contributed by atoms with Gasteiger partial charge < -0.3 is 14.4 Å². The van der Waals surface area contributed by atoms with E-state index in [1.165, 1.54) is 16.7 Å². The minimum atomic E-state index is -0.391. The molecule has 5 nitrogen and oxygen atoms in total. The van der Waals surface area contributed by atoms with Crippen molar-refractivity contribution in [2.45, 2.75) is 11.8 Å². The van der Waals surface area contributed by atoms with Crippen LogP contribution in [-0.2, 0) is 14.3 Å². The first-order chi connectivity index (χ1) is 9.56. The molecule has 1 aromatic rings. The molecule has 0 aliphatic carbocycles. The molecule has 1 amide bonds. The zero-order valence-corrected chi connectivity index (χ0v) is 12.7. The predicted octanol–water partition coefficient (Wildman–Crippen LogP) is 1.81. The van der Waals surface area contributed by atoms with E-state index in [1.807, 2.05) is 24.3 Å². The van der Waals surface area contributed by atoms with Crippen LogP contribution in [0.1, 0.15) is 6.92 Å². The van der Waals surface area contributed by atoms with Gasteiger partial charge in [0.1, 0.15) is 12.3 Å². The van der Waals surface area contributed by atoms with Gasteiger partial charge in [-0.05, 0) is 31.2 Å². The lowest BCUT2D eigenvalue weighted by Gasteiger charge is -2.15. The largest absolute Gasteiger partial charge is 0.497 e. The Labute approximate surface area is 123 Å². The Morgan fingerprint density at radius 3 is 2.45 bits per heavy atom. The lowest BCUT2D eigenvalue weighted by molar-refractivity contribution is -0.147. The van der Waals surface area contributed by atoms with E-state index in [9.17, 15) is 9.59 Å². The van der Waals surface area contributed by atoms with Crippen molar-refractivity contribution in [1.82, 2.24) is 4.90 Å². The van der Waals surface area contributed by atoms with Crippen LogP contribution < -0.4 is 4.74 Å². The maximum absolute atomic E-state index is 11.9. The molecule has 0 N–H and O–H groups in total. The van der Waals surface area contributed by atoms with Crippen LogP contribution in [0.5, 0.6) is 5.75 Å².